The lowest BCUT2D eigenvalue weighted by atomic mass is 10.1. The zero-order chi connectivity index (χ0) is 11.4. The van der Waals surface area contributed by atoms with Gasteiger partial charge in [-0.1, -0.05) is 6.07 Å². The van der Waals surface area contributed by atoms with Gasteiger partial charge >= 0.3 is 0 Å². The van der Waals surface area contributed by atoms with Crippen LogP contribution in [0.25, 0.3) is 0 Å². The molecule has 15 heavy (non-hydrogen) atoms. The molecule has 0 bridgehead atoms. The fourth-order valence-electron chi connectivity index (χ4n) is 1.11. The summed E-state index contributed by atoms with van der Waals surface area (Å²) >= 11 is 3.32. The average Bonchev–Trinajstić information content (AvgIpc) is 2.17. The summed E-state index contributed by atoms with van der Waals surface area (Å²) in [5.74, 6) is -0.240. The monoisotopic (exact) mass is 266 g/mol. The summed E-state index contributed by atoms with van der Waals surface area (Å²) < 4.78 is 0.741. The third kappa shape index (κ3) is 3.07. The van der Waals surface area contributed by atoms with E-state index in [0.717, 1.165) is 10.0 Å². The summed E-state index contributed by atoms with van der Waals surface area (Å²) in [6.07, 6.45) is 0. The molecule has 0 aliphatic carbocycles. The van der Waals surface area contributed by atoms with Crippen LogP contribution in [0.1, 0.15) is 22.8 Å². The second kappa shape index (κ2) is 4.94. The minimum absolute atomic E-state index is 0.240. The van der Waals surface area contributed by atoms with E-state index in [2.05, 4.69) is 21.2 Å². The quantitative estimate of drug-likeness (QED) is 0.894. The summed E-state index contributed by atoms with van der Waals surface area (Å²) in [5, 5.41) is 11.1. The third-order valence-electron chi connectivity index (χ3n) is 1.91. The molecular formula is C11H11BrN2O. The molecule has 0 aliphatic heterocycles. The molecule has 0 fully saturated rings. The van der Waals surface area contributed by atoms with Crippen LogP contribution in [-0.2, 0) is 0 Å². The third-order valence-corrected chi connectivity index (χ3v) is 2.57. The van der Waals surface area contributed by atoms with Crippen LogP contribution < -0.4 is 5.32 Å². The van der Waals surface area contributed by atoms with Crippen molar-refractivity contribution in [2.45, 2.75) is 19.9 Å². The molecule has 1 unspecified atom stereocenters. The van der Waals surface area contributed by atoms with Crippen molar-refractivity contribution in [1.29, 1.82) is 5.26 Å². The van der Waals surface area contributed by atoms with Crippen LogP contribution in [0.5, 0.6) is 0 Å². The first-order chi connectivity index (χ1) is 7.04. The molecule has 1 aromatic rings. The molecule has 1 atom stereocenters. The number of nitrogens with zero attached hydrogens (tertiary/aromatic N) is 1. The van der Waals surface area contributed by atoms with Crippen LogP contribution in [0, 0.1) is 18.3 Å². The van der Waals surface area contributed by atoms with Crippen molar-refractivity contribution in [1.82, 2.24) is 5.32 Å². The van der Waals surface area contributed by atoms with Crippen molar-refractivity contribution >= 4 is 21.8 Å². The normalized spacial score (nSPS) is 11.6. The van der Waals surface area contributed by atoms with E-state index in [1.165, 1.54) is 0 Å². The molecule has 4 heteroatoms. The molecule has 0 spiro atoms. The van der Waals surface area contributed by atoms with Gasteiger partial charge in [-0.25, -0.2) is 0 Å². The Morgan fingerprint density at radius 1 is 1.60 bits per heavy atom. The van der Waals surface area contributed by atoms with Gasteiger partial charge < -0.3 is 5.32 Å². The first-order valence-electron chi connectivity index (χ1n) is 4.51. The largest absolute Gasteiger partial charge is 0.337 e. The molecule has 0 saturated heterocycles. The molecule has 0 saturated carbocycles. The maximum atomic E-state index is 11.7. The molecular weight excluding hydrogens is 256 g/mol. The van der Waals surface area contributed by atoms with Crippen LogP contribution >= 0.6 is 15.9 Å². The number of nitriles is 1. The molecule has 0 radical (unpaired) electrons. The lowest BCUT2D eigenvalue weighted by Gasteiger charge is -2.08. The Balaban J connectivity index is 2.88. The number of nitrogens with one attached hydrogen (secondary N) is 1. The Kier molecular flexibility index (Phi) is 3.87. The van der Waals surface area contributed by atoms with Gasteiger partial charge in [0, 0.05) is 4.47 Å². The smallest absolute Gasteiger partial charge is 0.253 e. The predicted octanol–water partition coefficient (Wildman–Crippen LogP) is 2.40. The molecule has 3 nitrogen and oxygen atoms in total. The Morgan fingerprint density at radius 2 is 2.27 bits per heavy atom. The first-order valence-corrected chi connectivity index (χ1v) is 5.30. The van der Waals surface area contributed by atoms with Crippen molar-refractivity contribution in [3.05, 3.63) is 33.8 Å². The van der Waals surface area contributed by atoms with Crippen molar-refractivity contribution in [3.63, 3.8) is 0 Å². The summed E-state index contributed by atoms with van der Waals surface area (Å²) in [5.41, 5.74) is 1.62. The van der Waals surface area contributed by atoms with Crippen LogP contribution in [0.3, 0.4) is 0 Å². The van der Waals surface area contributed by atoms with E-state index >= 15 is 0 Å². The zero-order valence-corrected chi connectivity index (χ0v) is 10.1. The Hall–Kier alpha value is -1.34. The van der Waals surface area contributed by atoms with Gasteiger partial charge in [0.05, 0.1) is 11.6 Å². The number of halogens is 1. The summed E-state index contributed by atoms with van der Waals surface area (Å²) in [7, 11) is 0. The highest BCUT2D eigenvalue weighted by atomic mass is 79.9. The van der Waals surface area contributed by atoms with Crippen molar-refractivity contribution in [3.8, 4) is 6.07 Å². The molecule has 1 amide bonds. The molecule has 1 aromatic carbocycles. The summed E-state index contributed by atoms with van der Waals surface area (Å²) in [6.45, 7) is 3.59. The van der Waals surface area contributed by atoms with Crippen molar-refractivity contribution in [2.75, 3.05) is 0 Å². The van der Waals surface area contributed by atoms with Gasteiger partial charge in [0.25, 0.3) is 5.91 Å². The maximum absolute atomic E-state index is 11.7. The van der Waals surface area contributed by atoms with E-state index in [0.29, 0.717) is 5.56 Å². The van der Waals surface area contributed by atoms with E-state index in [4.69, 9.17) is 5.26 Å². The van der Waals surface area contributed by atoms with Crippen LogP contribution in [-0.4, -0.2) is 11.9 Å². The number of carbonyl (C=O) groups is 1. The topological polar surface area (TPSA) is 52.9 Å². The minimum atomic E-state index is -0.481. The molecule has 1 rings (SSSR count). The van der Waals surface area contributed by atoms with Gasteiger partial charge in [-0.3, -0.25) is 4.79 Å². The summed E-state index contributed by atoms with van der Waals surface area (Å²) in [6, 6.07) is 6.93. The number of benzene rings is 1. The lowest BCUT2D eigenvalue weighted by Crippen LogP contribution is -2.31. The standard InChI is InChI=1S/C11H11BrN2O/c1-7-3-4-9(10(12)5-7)11(15)14-8(2)6-13/h3-5,8H,1-2H3,(H,14,15). The number of aryl methyl sites for hydroxylation is 1. The number of carbonyl (C=O) groups excluding carboxylic acids is 1. The second-order valence-corrected chi connectivity index (χ2v) is 4.16. The Morgan fingerprint density at radius 3 is 2.80 bits per heavy atom. The van der Waals surface area contributed by atoms with E-state index in [1.54, 1.807) is 13.0 Å². The zero-order valence-electron chi connectivity index (χ0n) is 8.54. The summed E-state index contributed by atoms with van der Waals surface area (Å²) in [4.78, 5) is 11.7. The average molecular weight is 267 g/mol. The number of hydrogen-bond donors (Lipinski definition) is 1. The highest BCUT2D eigenvalue weighted by Crippen LogP contribution is 2.18. The highest BCUT2D eigenvalue weighted by molar-refractivity contribution is 9.10. The maximum Gasteiger partial charge on any atom is 0.253 e. The fourth-order valence-corrected chi connectivity index (χ4v) is 1.78. The van der Waals surface area contributed by atoms with Gasteiger partial charge in [0.2, 0.25) is 0 Å². The first kappa shape index (κ1) is 11.7. The van der Waals surface area contributed by atoms with Gasteiger partial charge in [-0.2, -0.15) is 5.26 Å². The number of rotatable bonds is 2. The van der Waals surface area contributed by atoms with Gasteiger partial charge in [0.15, 0.2) is 0 Å². The van der Waals surface area contributed by atoms with Gasteiger partial charge in [-0.15, -0.1) is 0 Å². The Labute approximate surface area is 97.2 Å². The highest BCUT2D eigenvalue weighted by Gasteiger charge is 2.11. The lowest BCUT2D eigenvalue weighted by molar-refractivity contribution is 0.0947. The molecule has 78 valence electrons. The second-order valence-electron chi connectivity index (χ2n) is 3.31. The van der Waals surface area contributed by atoms with E-state index < -0.39 is 6.04 Å². The number of amides is 1. The molecule has 0 aromatic heterocycles. The van der Waals surface area contributed by atoms with Crippen LogP contribution in [0.4, 0.5) is 0 Å². The van der Waals surface area contributed by atoms with Crippen LogP contribution in [0.2, 0.25) is 0 Å². The minimum Gasteiger partial charge on any atom is -0.337 e. The van der Waals surface area contributed by atoms with Gasteiger partial charge in [0.1, 0.15) is 6.04 Å². The predicted molar refractivity (Wildman–Crippen MR) is 61.4 cm³/mol. The van der Waals surface area contributed by atoms with E-state index in [1.807, 2.05) is 25.1 Å². The van der Waals surface area contributed by atoms with E-state index in [9.17, 15) is 4.79 Å². The fraction of sp³-hybridized carbons (Fsp3) is 0.273. The Bertz CT molecular complexity index is 423. The molecule has 0 aliphatic rings. The van der Waals surface area contributed by atoms with Gasteiger partial charge in [-0.05, 0) is 47.5 Å². The van der Waals surface area contributed by atoms with E-state index in [-0.39, 0.29) is 5.91 Å². The van der Waals surface area contributed by atoms with Crippen molar-refractivity contribution in [2.24, 2.45) is 0 Å². The van der Waals surface area contributed by atoms with Crippen molar-refractivity contribution < 1.29 is 4.79 Å². The molecule has 1 N–H and O–H groups in total. The van der Waals surface area contributed by atoms with Crippen LogP contribution in [0.15, 0.2) is 22.7 Å². The number of hydrogen-bond acceptors (Lipinski definition) is 2. The SMILES string of the molecule is Cc1ccc(C(=O)NC(C)C#N)c(Br)c1. The molecule has 0 heterocycles.